The molecule has 4 N–H and O–H groups in total. The molecule has 0 radical (unpaired) electrons. The number of benzene rings is 2. The summed E-state index contributed by atoms with van der Waals surface area (Å²) in [4.78, 5) is 13.1. The zero-order chi connectivity index (χ0) is 49.3. The Morgan fingerprint density at radius 1 is 0.712 bits per heavy atom. The first kappa shape index (κ1) is 56.8. The molecule has 2 aliphatic rings. The van der Waals surface area contributed by atoms with Gasteiger partial charge in [-0.25, -0.2) is 8.42 Å². The molecular weight excluding hydrogens is 1270 g/mol. The highest BCUT2D eigenvalue weighted by Gasteiger charge is 2.48. The second-order valence-electron chi connectivity index (χ2n) is 17.1. The van der Waals surface area contributed by atoms with Crippen LogP contribution in [0.1, 0.15) is 102 Å². The van der Waals surface area contributed by atoms with E-state index < -0.39 is 68.5 Å². The van der Waals surface area contributed by atoms with E-state index in [4.69, 9.17) is 0 Å². The molecule has 0 fully saturated rings. The van der Waals surface area contributed by atoms with Gasteiger partial charge in [0.05, 0.1) is 21.8 Å². The van der Waals surface area contributed by atoms with E-state index >= 15 is 0 Å². The van der Waals surface area contributed by atoms with Crippen LogP contribution in [-0.4, -0.2) is 105 Å². The van der Waals surface area contributed by atoms with E-state index in [-0.39, 0.29) is 29.9 Å². The van der Waals surface area contributed by atoms with Gasteiger partial charge in [-0.15, -0.1) is 0 Å². The second-order valence-corrected chi connectivity index (χ2v) is 27.2. The smallest absolute Gasteiger partial charge is 0.303 e. The summed E-state index contributed by atoms with van der Waals surface area (Å²) in [5, 5.41) is 9.21. The molecule has 0 bridgehead atoms. The first-order chi connectivity index (χ1) is 30.6. The Hall–Kier alpha value is -1.79. The Labute approximate surface area is 431 Å². The number of carboxylic acids is 1. The molecule has 2 heterocycles. The maximum Gasteiger partial charge on any atom is 0.303 e. The van der Waals surface area contributed by atoms with Crippen LogP contribution in [0.15, 0.2) is 77.4 Å². The van der Waals surface area contributed by atoms with Gasteiger partial charge in [0, 0.05) is 82.2 Å². The average Bonchev–Trinajstić information content (AvgIpc) is 3.55. The number of hydrogen-bond donors (Lipinski definition) is 4. The van der Waals surface area contributed by atoms with Crippen LogP contribution in [0.25, 0.3) is 0 Å². The monoisotopic (exact) mass is 1330 g/mol. The highest BCUT2D eigenvalue weighted by Crippen LogP contribution is 2.54. The highest BCUT2D eigenvalue weighted by atomic mass is 127. The summed E-state index contributed by atoms with van der Waals surface area (Å²) in [7, 11) is -16.1. The molecule has 2 unspecified atom stereocenters. The highest BCUT2D eigenvalue weighted by molar-refractivity contribution is 14.1. The number of hydrogen-bond acceptors (Lipinski definition) is 10. The van der Waals surface area contributed by atoms with Gasteiger partial charge in [-0.3, -0.25) is 18.5 Å². The zero-order valence-corrected chi connectivity index (χ0v) is 46.7. The molecule has 2 atom stereocenters. The normalized spacial score (nSPS) is 19.9. The van der Waals surface area contributed by atoms with Gasteiger partial charge in [-0.1, -0.05) is 56.1 Å². The molecule has 0 aromatic heterocycles. The zero-order valence-electron chi connectivity index (χ0n) is 37.0. The number of fused-ring (bicyclic) bond motifs is 2. The van der Waals surface area contributed by atoms with Crippen LogP contribution in [0.4, 0.5) is 11.4 Å². The van der Waals surface area contributed by atoms with Gasteiger partial charge in [0.1, 0.15) is 16.4 Å². The number of allylic oxidation sites excluding steroid dienone is 8. The SMILES string of the molecule is CC1(CCCCCS(C)(=O)=O)C(/C=C/C=C/C=C/C=C2\N(CCCS(=O)(=O)O)c3cc(I)c(I)c(I)c3C2(C)CCCCCC(=O)O)=[N+](CCCCS(=O)(=O)O)c2ccc(S(=O)(=O)O)cc21. The van der Waals surface area contributed by atoms with Crippen molar-refractivity contribution in [3.8, 4) is 0 Å². The number of aliphatic carboxylic acids is 1. The topological polar surface area (TPSA) is 241 Å². The van der Waals surface area contributed by atoms with Crippen molar-refractivity contribution in [1.29, 1.82) is 0 Å². The predicted molar refractivity (Wildman–Crippen MR) is 284 cm³/mol. The summed E-state index contributed by atoms with van der Waals surface area (Å²) in [5.41, 5.74) is 3.74. The lowest BCUT2D eigenvalue weighted by Gasteiger charge is -2.31. The van der Waals surface area contributed by atoms with Crippen molar-refractivity contribution < 1.29 is 61.8 Å². The Kier molecular flexibility index (Phi) is 20.6. The van der Waals surface area contributed by atoms with Crippen molar-refractivity contribution in [2.75, 3.05) is 41.5 Å². The molecule has 2 aliphatic heterocycles. The van der Waals surface area contributed by atoms with Gasteiger partial charge < -0.3 is 10.0 Å². The van der Waals surface area contributed by atoms with E-state index in [0.717, 1.165) is 39.8 Å². The summed E-state index contributed by atoms with van der Waals surface area (Å²) >= 11 is 6.99. The minimum Gasteiger partial charge on any atom is -0.481 e. The van der Waals surface area contributed by atoms with Crippen LogP contribution in [0.5, 0.6) is 0 Å². The third kappa shape index (κ3) is 15.9. The van der Waals surface area contributed by atoms with Crippen LogP contribution < -0.4 is 4.90 Å². The Balaban J connectivity index is 1.74. The number of unbranched alkanes of at least 4 members (excludes halogenated alkanes) is 5. The molecular formula is C44H58I3N2O13S4+. The minimum absolute atomic E-state index is 0.0312. The maximum absolute atomic E-state index is 12.3. The van der Waals surface area contributed by atoms with Crippen molar-refractivity contribution in [3.63, 3.8) is 0 Å². The number of halogens is 3. The molecule has 2 aromatic carbocycles. The Morgan fingerprint density at radius 2 is 1.30 bits per heavy atom. The van der Waals surface area contributed by atoms with Gasteiger partial charge >= 0.3 is 5.97 Å². The van der Waals surface area contributed by atoms with Gasteiger partial charge in [0.2, 0.25) is 5.69 Å². The molecule has 0 spiro atoms. The third-order valence-corrected chi connectivity index (χ3v) is 20.5. The standard InChI is InChI=1S/C44H57I3N2O13S4/c1-43(23-13-8-15-27-63(3,52)53)33-30-32(66(60,61)62)21-22-35(33)48(25-14-16-28-64(54,55)56)37(43)18-9-5-4-6-10-19-38-44(2,24-12-7-11-20-39(50)51)40-36(31-34(45)41(46)42(40)47)49(38)26-17-29-65(57,58)59/h4-6,9-10,18-19,21-22,30-31H,7-8,11-17,20,23-29H2,1-3H3,(H3-,50,51,54,55,56,57,58,59,60,61,62)/p+1. The van der Waals surface area contributed by atoms with Crippen LogP contribution in [0.3, 0.4) is 0 Å². The van der Waals surface area contributed by atoms with E-state index in [1.54, 1.807) is 6.07 Å². The van der Waals surface area contributed by atoms with E-state index in [0.29, 0.717) is 75.7 Å². The second kappa shape index (κ2) is 23.9. The first-order valence-corrected chi connectivity index (χ1v) is 31.3. The maximum atomic E-state index is 12.3. The Bertz CT molecular complexity index is 2750. The largest absolute Gasteiger partial charge is 0.481 e. The van der Waals surface area contributed by atoms with Crippen molar-refractivity contribution in [3.05, 3.63) is 94.3 Å². The molecule has 0 aliphatic carbocycles. The fraction of sp³-hybridized carbons (Fsp3) is 0.500. The van der Waals surface area contributed by atoms with Gasteiger partial charge in [-0.2, -0.15) is 29.8 Å². The molecule has 4 rings (SSSR count). The number of carboxylic acid groups (broad SMARTS) is 1. The lowest BCUT2D eigenvalue weighted by atomic mass is 9.75. The Morgan fingerprint density at radius 3 is 1.92 bits per heavy atom. The van der Waals surface area contributed by atoms with Crippen LogP contribution in [0.2, 0.25) is 0 Å². The minimum atomic E-state index is -4.57. The summed E-state index contributed by atoms with van der Waals surface area (Å²) < 4.78 is 129. The van der Waals surface area contributed by atoms with Gasteiger partial charge in [0.15, 0.2) is 5.71 Å². The van der Waals surface area contributed by atoms with E-state index in [2.05, 4.69) is 85.7 Å². The van der Waals surface area contributed by atoms with Crippen molar-refractivity contribution in [2.24, 2.45) is 0 Å². The summed E-state index contributed by atoms with van der Waals surface area (Å²) in [6.45, 7) is 4.76. The summed E-state index contributed by atoms with van der Waals surface area (Å²) in [6, 6.07) is 6.45. The molecule has 22 heteroatoms. The van der Waals surface area contributed by atoms with E-state index in [1.807, 2.05) is 54.0 Å². The number of carbonyl (C=O) groups is 1. The van der Waals surface area contributed by atoms with Gasteiger partial charge in [0.25, 0.3) is 30.4 Å². The molecule has 15 nitrogen and oxygen atoms in total. The van der Waals surface area contributed by atoms with E-state index in [1.165, 1.54) is 18.4 Å². The lowest BCUT2D eigenvalue weighted by Crippen LogP contribution is -2.31. The van der Waals surface area contributed by atoms with Gasteiger partial charge in [-0.05, 0) is 144 Å². The van der Waals surface area contributed by atoms with Crippen LogP contribution >= 0.6 is 67.8 Å². The first-order valence-electron chi connectivity index (χ1n) is 21.3. The molecule has 0 amide bonds. The third-order valence-electron chi connectivity index (χ3n) is 11.9. The average molecular weight is 1330 g/mol. The van der Waals surface area contributed by atoms with E-state index in [9.17, 15) is 57.2 Å². The fourth-order valence-electron chi connectivity index (χ4n) is 8.74. The summed E-state index contributed by atoms with van der Waals surface area (Å²) in [6.07, 6.45) is 19.9. The van der Waals surface area contributed by atoms with Crippen molar-refractivity contribution in [1.82, 2.24) is 0 Å². The lowest BCUT2D eigenvalue weighted by molar-refractivity contribution is -0.438. The number of anilines is 1. The number of nitrogens with zero attached hydrogens (tertiary/aromatic N) is 2. The molecule has 0 saturated carbocycles. The van der Waals surface area contributed by atoms with Crippen LogP contribution in [0, 0.1) is 10.7 Å². The predicted octanol–water partition coefficient (Wildman–Crippen LogP) is 9.02. The molecule has 366 valence electrons. The fourth-order valence-corrected chi connectivity index (χ4v) is 13.7. The molecule has 2 aromatic rings. The summed E-state index contributed by atoms with van der Waals surface area (Å²) in [5.74, 6) is -1.65. The molecule has 66 heavy (non-hydrogen) atoms. The quantitative estimate of drug-likeness (QED) is 0.0172. The van der Waals surface area contributed by atoms with Crippen molar-refractivity contribution >= 4 is 131 Å². The molecule has 0 saturated heterocycles. The van der Waals surface area contributed by atoms with Crippen LogP contribution in [-0.2, 0) is 55.8 Å². The number of rotatable bonds is 26. The van der Waals surface area contributed by atoms with Crippen molar-refractivity contribution in [2.45, 2.75) is 107 Å². The number of sulfone groups is 1.